The number of aliphatic hydroxyl groups is 2. The Kier molecular flexibility index (Phi) is 13.0. The van der Waals surface area contributed by atoms with E-state index in [0.717, 1.165) is 70.4 Å². The van der Waals surface area contributed by atoms with Crippen LogP contribution < -0.4 is 16.4 Å². The fraction of sp³-hybridized carbons (Fsp3) is 0.500. The first-order valence-corrected chi connectivity index (χ1v) is 12.0. The van der Waals surface area contributed by atoms with Crippen LogP contribution in [0.1, 0.15) is 61.3 Å². The molecule has 0 fully saturated rings. The first-order chi connectivity index (χ1) is 16.5. The summed E-state index contributed by atoms with van der Waals surface area (Å²) in [4.78, 5) is 10.9. The minimum Gasteiger partial charge on any atom is -0.508 e. The Hall–Kier alpha value is -2.65. The van der Waals surface area contributed by atoms with Crippen molar-refractivity contribution in [1.82, 2.24) is 5.32 Å². The van der Waals surface area contributed by atoms with Crippen molar-refractivity contribution in [1.29, 1.82) is 0 Å². The van der Waals surface area contributed by atoms with Gasteiger partial charge in [-0.3, -0.25) is 0 Å². The van der Waals surface area contributed by atoms with Crippen LogP contribution in [0.25, 0.3) is 0 Å². The Morgan fingerprint density at radius 1 is 1.00 bits per heavy atom. The second-order valence-electron chi connectivity index (χ2n) is 8.44. The number of benzene rings is 2. The Balaban J connectivity index is 1.41. The Morgan fingerprint density at radius 3 is 2.53 bits per heavy atom. The molecule has 8 nitrogen and oxygen atoms in total. The molecule has 0 aromatic heterocycles. The molecule has 0 spiro atoms. The molecule has 8 heteroatoms. The van der Waals surface area contributed by atoms with E-state index in [-0.39, 0.29) is 12.4 Å². The number of aromatic hydroxyl groups is 1. The van der Waals surface area contributed by atoms with E-state index in [1.54, 1.807) is 12.1 Å². The Bertz CT molecular complexity index is 862. The van der Waals surface area contributed by atoms with Crippen LogP contribution in [-0.4, -0.2) is 47.7 Å². The third-order valence-corrected chi connectivity index (χ3v) is 5.59. The summed E-state index contributed by atoms with van der Waals surface area (Å²) in [7, 11) is 0. The van der Waals surface area contributed by atoms with Crippen molar-refractivity contribution in [2.24, 2.45) is 5.73 Å². The zero-order chi connectivity index (χ0) is 24.6. The number of aliphatic hydroxyl groups excluding tert-OH is 2. The molecule has 2 aromatic carbocycles. The van der Waals surface area contributed by atoms with Crippen molar-refractivity contribution in [3.05, 3.63) is 59.2 Å². The molecule has 0 aliphatic heterocycles. The molecule has 1 atom stereocenters. The molecule has 2 aromatic rings. The highest BCUT2D eigenvalue weighted by Crippen LogP contribution is 2.22. The van der Waals surface area contributed by atoms with Crippen molar-refractivity contribution in [2.45, 2.75) is 57.7 Å². The molecule has 0 aliphatic rings. The van der Waals surface area contributed by atoms with Crippen molar-refractivity contribution < 1.29 is 24.9 Å². The largest absolute Gasteiger partial charge is 0.508 e. The van der Waals surface area contributed by atoms with Crippen LogP contribution >= 0.6 is 0 Å². The van der Waals surface area contributed by atoms with E-state index in [9.17, 15) is 20.1 Å². The van der Waals surface area contributed by atoms with Crippen molar-refractivity contribution in [3.8, 4) is 5.75 Å². The summed E-state index contributed by atoms with van der Waals surface area (Å²) in [6, 6.07) is 12.0. The lowest BCUT2D eigenvalue weighted by Gasteiger charge is -2.14. The van der Waals surface area contributed by atoms with Crippen molar-refractivity contribution in [3.63, 3.8) is 0 Å². The molecule has 1 unspecified atom stereocenters. The first-order valence-electron chi connectivity index (χ1n) is 12.0. The van der Waals surface area contributed by atoms with Gasteiger partial charge in [0.05, 0.1) is 12.7 Å². The monoisotopic (exact) mass is 473 g/mol. The van der Waals surface area contributed by atoms with Crippen LogP contribution in [0.15, 0.2) is 42.5 Å². The zero-order valence-corrected chi connectivity index (χ0v) is 19.8. The number of amides is 2. The van der Waals surface area contributed by atoms with Gasteiger partial charge in [0.25, 0.3) is 0 Å². The number of rotatable bonds is 17. The van der Waals surface area contributed by atoms with Gasteiger partial charge in [-0.2, -0.15) is 0 Å². The highest BCUT2D eigenvalue weighted by Gasteiger charge is 2.09. The number of primary amides is 1. The minimum atomic E-state index is -0.671. The quantitative estimate of drug-likeness (QED) is 0.194. The number of carbonyl (C=O) groups excluding carboxylic acids is 1. The van der Waals surface area contributed by atoms with E-state index in [4.69, 9.17) is 10.5 Å². The number of ether oxygens (including phenoxy) is 1. The number of anilines is 1. The van der Waals surface area contributed by atoms with Crippen LogP contribution in [0, 0.1) is 0 Å². The van der Waals surface area contributed by atoms with E-state index in [1.165, 1.54) is 11.6 Å². The van der Waals surface area contributed by atoms with Crippen LogP contribution in [0.4, 0.5) is 10.5 Å². The molecular formula is C26H39N3O5. The number of carbonyl (C=O) groups is 1. The normalized spacial score (nSPS) is 11.9. The standard InChI is InChI=1S/C26H39N3O5/c27-26(33)29-23-10-7-9-20(16-23)8-3-6-15-34-14-5-2-1-4-13-28-18-25(32)21-11-12-24(31)22(17-21)19-30/h7,9-12,16-17,25,28,30-32H,1-6,8,13-15,18-19H2,(H3,27,29,33). The van der Waals surface area contributed by atoms with E-state index in [1.807, 2.05) is 24.3 Å². The van der Waals surface area contributed by atoms with Gasteiger partial charge in [0.15, 0.2) is 0 Å². The maximum atomic E-state index is 10.9. The summed E-state index contributed by atoms with van der Waals surface area (Å²) in [5.74, 6) is 0.0390. The smallest absolute Gasteiger partial charge is 0.316 e. The number of phenols is 1. The second kappa shape index (κ2) is 16.1. The lowest BCUT2D eigenvalue weighted by Crippen LogP contribution is -2.22. The lowest BCUT2D eigenvalue weighted by atomic mass is 10.1. The van der Waals surface area contributed by atoms with Crippen molar-refractivity contribution in [2.75, 3.05) is 31.6 Å². The van der Waals surface area contributed by atoms with Gasteiger partial charge in [-0.05, 0) is 74.0 Å². The first kappa shape index (κ1) is 27.6. The molecular weight excluding hydrogens is 434 g/mol. The number of aryl methyl sites for hydroxylation is 1. The molecule has 34 heavy (non-hydrogen) atoms. The highest BCUT2D eigenvalue weighted by atomic mass is 16.5. The third kappa shape index (κ3) is 11.0. The predicted molar refractivity (Wildman–Crippen MR) is 134 cm³/mol. The summed E-state index contributed by atoms with van der Waals surface area (Å²) in [6.45, 7) is 2.55. The Morgan fingerprint density at radius 2 is 1.76 bits per heavy atom. The number of unbranched alkanes of at least 4 members (excludes halogenated alkanes) is 4. The van der Waals surface area contributed by atoms with Crippen LogP contribution in [0.2, 0.25) is 0 Å². The van der Waals surface area contributed by atoms with E-state index in [0.29, 0.717) is 17.7 Å². The average molecular weight is 474 g/mol. The van der Waals surface area contributed by atoms with Crippen LogP contribution in [0.3, 0.4) is 0 Å². The van der Waals surface area contributed by atoms with Gasteiger partial charge in [-0.15, -0.1) is 0 Å². The van der Waals surface area contributed by atoms with Gasteiger partial charge in [-0.25, -0.2) is 4.79 Å². The fourth-order valence-corrected chi connectivity index (χ4v) is 3.69. The molecule has 0 radical (unpaired) electrons. The lowest BCUT2D eigenvalue weighted by molar-refractivity contribution is 0.126. The molecule has 0 heterocycles. The number of urea groups is 1. The molecule has 0 bridgehead atoms. The van der Waals surface area contributed by atoms with Gasteiger partial charge in [0, 0.05) is 31.0 Å². The number of nitrogens with one attached hydrogen (secondary N) is 2. The van der Waals surface area contributed by atoms with Gasteiger partial charge in [0.1, 0.15) is 5.75 Å². The van der Waals surface area contributed by atoms with Gasteiger partial charge in [-0.1, -0.05) is 31.0 Å². The number of nitrogens with two attached hydrogens (primary N) is 1. The van der Waals surface area contributed by atoms with Gasteiger partial charge < -0.3 is 36.4 Å². The van der Waals surface area contributed by atoms with Gasteiger partial charge >= 0.3 is 6.03 Å². The van der Waals surface area contributed by atoms with Crippen molar-refractivity contribution >= 4 is 11.7 Å². The van der Waals surface area contributed by atoms with Crippen LogP contribution in [0.5, 0.6) is 5.75 Å². The highest BCUT2D eigenvalue weighted by molar-refractivity contribution is 5.87. The molecule has 188 valence electrons. The molecule has 7 N–H and O–H groups in total. The second-order valence-corrected chi connectivity index (χ2v) is 8.44. The Labute approximate surface area is 202 Å². The van der Waals surface area contributed by atoms with Gasteiger partial charge in [0.2, 0.25) is 0 Å². The molecule has 0 saturated carbocycles. The minimum absolute atomic E-state index is 0.0390. The number of hydrogen-bond donors (Lipinski definition) is 6. The van der Waals surface area contributed by atoms with E-state index in [2.05, 4.69) is 10.6 Å². The fourth-order valence-electron chi connectivity index (χ4n) is 3.69. The SMILES string of the molecule is NC(=O)Nc1cccc(CCCCOCCCCCCNCC(O)c2ccc(O)c(CO)c2)c1. The topological polar surface area (TPSA) is 137 Å². The maximum Gasteiger partial charge on any atom is 0.316 e. The zero-order valence-electron chi connectivity index (χ0n) is 19.8. The molecule has 0 saturated heterocycles. The van der Waals surface area contributed by atoms with Crippen LogP contribution in [-0.2, 0) is 17.8 Å². The summed E-state index contributed by atoms with van der Waals surface area (Å²) < 4.78 is 5.73. The molecule has 0 aliphatic carbocycles. The third-order valence-electron chi connectivity index (χ3n) is 5.59. The summed E-state index contributed by atoms with van der Waals surface area (Å²) in [6.07, 6.45) is 6.60. The van der Waals surface area contributed by atoms with E-state index < -0.39 is 12.1 Å². The average Bonchev–Trinajstić information content (AvgIpc) is 2.82. The summed E-state index contributed by atoms with van der Waals surface area (Å²) >= 11 is 0. The van der Waals surface area contributed by atoms with E-state index >= 15 is 0 Å². The summed E-state index contributed by atoms with van der Waals surface area (Å²) in [5.41, 5.74) is 8.14. The molecule has 2 amide bonds. The predicted octanol–water partition coefficient (Wildman–Crippen LogP) is 3.60. The summed E-state index contributed by atoms with van der Waals surface area (Å²) in [5, 5.41) is 34.9. The maximum absolute atomic E-state index is 10.9. The molecule has 2 rings (SSSR count). The number of hydrogen-bond acceptors (Lipinski definition) is 6.